The highest BCUT2D eigenvalue weighted by molar-refractivity contribution is 5.21. The van der Waals surface area contributed by atoms with E-state index in [0.29, 0.717) is 0 Å². The highest BCUT2D eigenvalue weighted by Crippen LogP contribution is 2.23. The van der Waals surface area contributed by atoms with Crippen LogP contribution in [0.4, 0.5) is 13.2 Å². The molecule has 0 aliphatic carbocycles. The van der Waals surface area contributed by atoms with Crippen molar-refractivity contribution in [2.45, 2.75) is 19.3 Å². The van der Waals surface area contributed by atoms with Gasteiger partial charge in [-0.15, -0.1) is 0 Å². The van der Waals surface area contributed by atoms with E-state index >= 15 is 0 Å². The molecule has 1 aliphatic rings. The Bertz CT molecular complexity index is 373. The van der Waals surface area contributed by atoms with Crippen LogP contribution in [0.15, 0.2) is 12.1 Å². The maximum absolute atomic E-state index is 13.4. The average molecular weight is 229 g/mol. The van der Waals surface area contributed by atoms with Crippen molar-refractivity contribution in [1.29, 1.82) is 0 Å². The molecule has 0 saturated carbocycles. The van der Waals surface area contributed by atoms with Crippen LogP contribution in [0, 0.1) is 23.4 Å². The molecule has 1 aromatic carbocycles. The van der Waals surface area contributed by atoms with Crippen molar-refractivity contribution >= 4 is 0 Å². The molecular formula is C12H14F3N. The van der Waals surface area contributed by atoms with E-state index in [-0.39, 0.29) is 17.9 Å². The summed E-state index contributed by atoms with van der Waals surface area (Å²) in [6, 6.07) is 1.82. The topological polar surface area (TPSA) is 12.0 Å². The van der Waals surface area contributed by atoms with Crippen LogP contribution in [0.3, 0.4) is 0 Å². The molecule has 0 aromatic heterocycles. The van der Waals surface area contributed by atoms with Crippen molar-refractivity contribution in [3.8, 4) is 0 Å². The molecular weight excluding hydrogens is 215 g/mol. The van der Waals surface area contributed by atoms with Gasteiger partial charge in [0.25, 0.3) is 0 Å². The summed E-state index contributed by atoms with van der Waals surface area (Å²) in [6.45, 7) is 1.73. The molecule has 4 heteroatoms. The van der Waals surface area contributed by atoms with E-state index in [9.17, 15) is 13.2 Å². The lowest BCUT2D eigenvalue weighted by molar-refractivity contribution is 0.359. The third kappa shape index (κ3) is 2.38. The van der Waals surface area contributed by atoms with Gasteiger partial charge in [-0.3, -0.25) is 0 Å². The molecule has 2 rings (SSSR count). The van der Waals surface area contributed by atoms with Crippen LogP contribution in [-0.4, -0.2) is 13.1 Å². The van der Waals surface area contributed by atoms with E-state index in [1.165, 1.54) is 0 Å². The van der Waals surface area contributed by atoms with Crippen molar-refractivity contribution in [3.05, 3.63) is 35.1 Å². The second kappa shape index (κ2) is 4.87. The summed E-state index contributed by atoms with van der Waals surface area (Å²) < 4.78 is 39.7. The van der Waals surface area contributed by atoms with Crippen LogP contribution in [0.2, 0.25) is 0 Å². The number of benzene rings is 1. The van der Waals surface area contributed by atoms with Gasteiger partial charge in [-0.2, -0.15) is 0 Å². The molecule has 0 bridgehead atoms. The molecule has 16 heavy (non-hydrogen) atoms. The van der Waals surface area contributed by atoms with Gasteiger partial charge in [0.05, 0.1) is 0 Å². The molecule has 0 spiro atoms. The minimum absolute atomic E-state index is 0.105. The second-order valence-corrected chi connectivity index (χ2v) is 4.22. The smallest absolute Gasteiger partial charge is 0.164 e. The molecule has 1 aliphatic heterocycles. The fourth-order valence-electron chi connectivity index (χ4n) is 2.13. The first-order valence-electron chi connectivity index (χ1n) is 5.51. The number of hydrogen-bond acceptors (Lipinski definition) is 1. The average Bonchev–Trinajstić information content (AvgIpc) is 2.31. The van der Waals surface area contributed by atoms with E-state index < -0.39 is 17.5 Å². The Morgan fingerprint density at radius 1 is 1.06 bits per heavy atom. The van der Waals surface area contributed by atoms with Gasteiger partial charge in [0, 0.05) is 5.56 Å². The summed E-state index contributed by atoms with van der Waals surface area (Å²) in [5.41, 5.74) is -0.105. The Morgan fingerprint density at radius 2 is 1.69 bits per heavy atom. The highest BCUT2D eigenvalue weighted by atomic mass is 19.2. The van der Waals surface area contributed by atoms with Gasteiger partial charge in [-0.05, 0) is 50.4 Å². The van der Waals surface area contributed by atoms with Crippen LogP contribution in [0.1, 0.15) is 18.4 Å². The second-order valence-electron chi connectivity index (χ2n) is 4.22. The lowest BCUT2D eigenvalue weighted by Crippen LogP contribution is -2.29. The minimum Gasteiger partial charge on any atom is -0.317 e. The predicted molar refractivity (Wildman–Crippen MR) is 55.6 cm³/mol. The molecule has 1 N–H and O–H groups in total. The molecule has 0 radical (unpaired) electrons. The van der Waals surface area contributed by atoms with Crippen molar-refractivity contribution < 1.29 is 13.2 Å². The molecule has 1 saturated heterocycles. The first kappa shape index (κ1) is 11.5. The molecule has 0 amide bonds. The van der Waals surface area contributed by atoms with Crippen LogP contribution < -0.4 is 5.32 Å². The summed E-state index contributed by atoms with van der Waals surface area (Å²) in [7, 11) is 0. The number of rotatable bonds is 2. The summed E-state index contributed by atoms with van der Waals surface area (Å²) in [4.78, 5) is 0. The van der Waals surface area contributed by atoms with Crippen LogP contribution >= 0.6 is 0 Å². The predicted octanol–water partition coefficient (Wildman–Crippen LogP) is 2.65. The minimum atomic E-state index is -1.03. The van der Waals surface area contributed by atoms with E-state index in [2.05, 4.69) is 5.32 Å². The summed E-state index contributed by atoms with van der Waals surface area (Å²) in [5.74, 6) is -2.40. The normalized spacial score (nSPS) is 17.7. The number of piperidine rings is 1. The van der Waals surface area contributed by atoms with Crippen LogP contribution in [0.25, 0.3) is 0 Å². The lowest BCUT2D eigenvalue weighted by Gasteiger charge is -2.22. The van der Waals surface area contributed by atoms with E-state index in [0.717, 1.165) is 38.1 Å². The fraction of sp³-hybridized carbons (Fsp3) is 0.500. The Morgan fingerprint density at radius 3 is 2.38 bits per heavy atom. The van der Waals surface area contributed by atoms with Gasteiger partial charge in [-0.25, -0.2) is 13.2 Å². The summed E-state index contributed by atoms with van der Waals surface area (Å²) in [6.07, 6.45) is 2.06. The van der Waals surface area contributed by atoms with Crippen molar-refractivity contribution in [2.24, 2.45) is 5.92 Å². The standard InChI is InChI=1S/C12H14F3N/c13-10-1-2-11(14)12(15)9(10)7-8-3-5-16-6-4-8/h1-2,8,16H,3-7H2. The largest absolute Gasteiger partial charge is 0.317 e. The van der Waals surface area contributed by atoms with Gasteiger partial charge >= 0.3 is 0 Å². The Hall–Kier alpha value is -1.03. The first-order chi connectivity index (χ1) is 7.68. The van der Waals surface area contributed by atoms with Crippen LogP contribution in [0.5, 0.6) is 0 Å². The third-order valence-electron chi connectivity index (χ3n) is 3.09. The van der Waals surface area contributed by atoms with Gasteiger partial charge in [0.1, 0.15) is 5.82 Å². The lowest BCUT2D eigenvalue weighted by atomic mass is 9.90. The summed E-state index contributed by atoms with van der Waals surface area (Å²) >= 11 is 0. The van der Waals surface area contributed by atoms with Gasteiger partial charge in [-0.1, -0.05) is 0 Å². The Labute approximate surface area is 92.7 Å². The number of hydrogen-bond donors (Lipinski definition) is 1. The third-order valence-corrected chi connectivity index (χ3v) is 3.09. The molecule has 1 aromatic rings. The van der Waals surface area contributed by atoms with E-state index in [4.69, 9.17) is 0 Å². The van der Waals surface area contributed by atoms with Crippen molar-refractivity contribution in [1.82, 2.24) is 5.32 Å². The molecule has 1 fully saturated rings. The van der Waals surface area contributed by atoms with Crippen molar-refractivity contribution in [2.75, 3.05) is 13.1 Å². The zero-order valence-electron chi connectivity index (χ0n) is 8.90. The van der Waals surface area contributed by atoms with Gasteiger partial charge in [0.2, 0.25) is 0 Å². The zero-order chi connectivity index (χ0) is 11.5. The molecule has 1 heterocycles. The van der Waals surface area contributed by atoms with Crippen LogP contribution in [-0.2, 0) is 6.42 Å². The number of halogens is 3. The van der Waals surface area contributed by atoms with Crippen molar-refractivity contribution in [3.63, 3.8) is 0 Å². The van der Waals surface area contributed by atoms with E-state index in [1.807, 2.05) is 0 Å². The zero-order valence-corrected chi connectivity index (χ0v) is 8.90. The highest BCUT2D eigenvalue weighted by Gasteiger charge is 2.20. The van der Waals surface area contributed by atoms with Gasteiger partial charge in [0.15, 0.2) is 11.6 Å². The first-order valence-corrected chi connectivity index (χ1v) is 5.51. The Kier molecular flexibility index (Phi) is 3.49. The molecule has 0 atom stereocenters. The SMILES string of the molecule is Fc1ccc(F)c(CC2CCNCC2)c1F. The molecule has 0 unspecified atom stereocenters. The monoisotopic (exact) mass is 229 g/mol. The quantitative estimate of drug-likeness (QED) is 0.769. The number of nitrogens with one attached hydrogen (secondary N) is 1. The fourth-order valence-corrected chi connectivity index (χ4v) is 2.13. The van der Waals surface area contributed by atoms with E-state index in [1.54, 1.807) is 0 Å². The maximum Gasteiger partial charge on any atom is 0.164 e. The summed E-state index contributed by atoms with van der Waals surface area (Å²) in [5, 5.41) is 3.18. The molecule has 88 valence electrons. The molecule has 1 nitrogen and oxygen atoms in total. The maximum atomic E-state index is 13.4. The van der Waals surface area contributed by atoms with Gasteiger partial charge < -0.3 is 5.32 Å². The Balaban J connectivity index is 2.16.